The molecule has 12 heteroatoms. The molecule has 1 fully saturated rings. The van der Waals surface area contributed by atoms with Crippen LogP contribution in [-0.4, -0.2) is 56.0 Å². The number of thiazole rings is 1. The lowest BCUT2D eigenvalue weighted by Gasteiger charge is -2.31. The minimum absolute atomic E-state index is 0.0103. The number of aromatic nitrogens is 5. The van der Waals surface area contributed by atoms with E-state index in [1.807, 2.05) is 44.4 Å². The largest absolute Gasteiger partial charge is 0.354 e. The lowest BCUT2D eigenvalue weighted by molar-refractivity contribution is -0.126. The first-order valence-electron chi connectivity index (χ1n) is 11.8. The Kier molecular flexibility index (Phi) is 7.06. The van der Waals surface area contributed by atoms with Gasteiger partial charge in [0.25, 0.3) is 5.56 Å². The van der Waals surface area contributed by atoms with Crippen molar-refractivity contribution in [3.63, 3.8) is 0 Å². The highest BCUT2D eigenvalue weighted by Crippen LogP contribution is 2.29. The van der Waals surface area contributed by atoms with Gasteiger partial charge < -0.3 is 14.7 Å². The third-order valence-corrected chi connectivity index (χ3v) is 7.90. The van der Waals surface area contributed by atoms with Gasteiger partial charge in [-0.3, -0.25) is 14.2 Å². The number of rotatable bonds is 7. The number of carbonyl (C=O) groups is 1. The number of amides is 1. The molecule has 0 aliphatic carbocycles. The molecular weight excluding hydrogens is 498 g/mol. The van der Waals surface area contributed by atoms with Gasteiger partial charge >= 0.3 is 0 Å². The molecule has 1 aromatic carbocycles. The Labute approximate surface area is 216 Å². The van der Waals surface area contributed by atoms with E-state index in [2.05, 4.69) is 30.3 Å². The topological polar surface area (TPSA) is 119 Å². The maximum Gasteiger partial charge on any atom is 0.273 e. The highest BCUT2D eigenvalue weighted by molar-refractivity contribution is 7.98. The highest BCUT2D eigenvalue weighted by atomic mass is 32.2. The summed E-state index contributed by atoms with van der Waals surface area (Å²) in [6, 6.07) is 8.03. The first-order valence-corrected chi connectivity index (χ1v) is 13.8. The van der Waals surface area contributed by atoms with E-state index in [4.69, 9.17) is 4.52 Å². The molecule has 10 nitrogen and oxygen atoms in total. The summed E-state index contributed by atoms with van der Waals surface area (Å²) in [5.41, 5.74) is 1.08. The van der Waals surface area contributed by atoms with Gasteiger partial charge in [0.2, 0.25) is 17.6 Å². The molecular formula is C24H27N7O3S2. The van der Waals surface area contributed by atoms with Crippen molar-refractivity contribution in [3.05, 3.63) is 46.8 Å². The van der Waals surface area contributed by atoms with Crippen LogP contribution >= 0.6 is 23.1 Å². The van der Waals surface area contributed by atoms with Gasteiger partial charge in [0, 0.05) is 35.5 Å². The predicted octanol–water partition coefficient (Wildman–Crippen LogP) is 3.41. The van der Waals surface area contributed by atoms with E-state index >= 15 is 0 Å². The number of piperidine rings is 1. The van der Waals surface area contributed by atoms with E-state index in [1.54, 1.807) is 11.8 Å². The molecule has 5 rings (SSSR count). The smallest absolute Gasteiger partial charge is 0.273 e. The Morgan fingerprint density at radius 3 is 2.67 bits per heavy atom. The lowest BCUT2D eigenvalue weighted by atomic mass is 9.96. The van der Waals surface area contributed by atoms with Gasteiger partial charge in [-0.25, -0.2) is 4.98 Å². The molecule has 1 saturated heterocycles. The summed E-state index contributed by atoms with van der Waals surface area (Å²) in [7, 11) is 0. The summed E-state index contributed by atoms with van der Waals surface area (Å²) < 4.78 is 7.34. The number of nitrogens with zero attached hydrogens (tertiary/aromatic N) is 6. The molecule has 0 atom stereocenters. The van der Waals surface area contributed by atoms with Crippen molar-refractivity contribution >= 4 is 44.5 Å². The Hall–Kier alpha value is -3.25. The lowest BCUT2D eigenvalue weighted by Crippen LogP contribution is -2.42. The van der Waals surface area contributed by atoms with E-state index in [9.17, 15) is 9.59 Å². The summed E-state index contributed by atoms with van der Waals surface area (Å²) in [5, 5.41) is 7.80. The number of benzene rings is 1. The average Bonchev–Trinajstić information content (AvgIpc) is 3.53. The van der Waals surface area contributed by atoms with Crippen molar-refractivity contribution in [2.45, 2.75) is 44.2 Å². The van der Waals surface area contributed by atoms with E-state index in [1.165, 1.54) is 22.2 Å². The Balaban J connectivity index is 1.29. The molecule has 1 aliphatic heterocycles. The number of nitrogens with one attached hydrogen (secondary N) is 1. The molecule has 1 N–H and O–H groups in total. The van der Waals surface area contributed by atoms with Gasteiger partial charge in [0.05, 0.1) is 0 Å². The van der Waals surface area contributed by atoms with Crippen molar-refractivity contribution < 1.29 is 9.32 Å². The molecule has 0 saturated carbocycles. The molecule has 3 aromatic heterocycles. The molecule has 0 radical (unpaired) electrons. The minimum Gasteiger partial charge on any atom is -0.354 e. The predicted molar refractivity (Wildman–Crippen MR) is 141 cm³/mol. The summed E-state index contributed by atoms with van der Waals surface area (Å²) >= 11 is 2.99. The van der Waals surface area contributed by atoms with Crippen LogP contribution in [0.3, 0.4) is 0 Å². The summed E-state index contributed by atoms with van der Waals surface area (Å²) in [4.78, 5) is 42.2. The van der Waals surface area contributed by atoms with Gasteiger partial charge in [-0.2, -0.15) is 9.97 Å². The van der Waals surface area contributed by atoms with Gasteiger partial charge in [-0.05, 0) is 57.2 Å². The maximum atomic E-state index is 13.2. The zero-order chi connectivity index (χ0) is 25.2. The normalized spacial score (nSPS) is 14.6. The van der Waals surface area contributed by atoms with Crippen LogP contribution in [0.5, 0.6) is 0 Å². The van der Waals surface area contributed by atoms with E-state index in [-0.39, 0.29) is 30.0 Å². The van der Waals surface area contributed by atoms with Crippen molar-refractivity contribution in [2.75, 3.05) is 24.2 Å². The van der Waals surface area contributed by atoms with Crippen molar-refractivity contribution in [2.24, 2.45) is 5.92 Å². The fraction of sp³-hybridized carbons (Fsp3) is 0.417. The summed E-state index contributed by atoms with van der Waals surface area (Å²) in [5.74, 6) is 0.926. The SMILES string of the molecule is CSc1ccc(-c2noc(Cn3cnc4nc(N5CCC(C(=O)NC(C)C)CC5)sc4c3=O)n2)cc1. The second kappa shape index (κ2) is 10.4. The molecule has 1 amide bonds. The Bertz CT molecular complexity index is 1420. The van der Waals surface area contributed by atoms with Crippen molar-refractivity contribution in [3.8, 4) is 11.4 Å². The van der Waals surface area contributed by atoms with Crippen LogP contribution in [0, 0.1) is 5.92 Å². The average molecular weight is 526 g/mol. The molecule has 4 heterocycles. The first kappa shape index (κ1) is 24.4. The fourth-order valence-corrected chi connectivity index (χ4v) is 5.57. The number of anilines is 1. The fourth-order valence-electron chi connectivity index (χ4n) is 4.14. The van der Waals surface area contributed by atoms with Crippen molar-refractivity contribution in [1.29, 1.82) is 0 Å². The molecule has 0 bridgehead atoms. The zero-order valence-corrected chi connectivity index (χ0v) is 21.9. The highest BCUT2D eigenvalue weighted by Gasteiger charge is 2.27. The van der Waals surface area contributed by atoms with E-state index in [0.29, 0.717) is 35.2 Å². The Morgan fingerprint density at radius 1 is 1.22 bits per heavy atom. The molecule has 4 aromatic rings. The van der Waals surface area contributed by atoms with Crippen LogP contribution in [-0.2, 0) is 11.3 Å². The van der Waals surface area contributed by atoms with Crippen LogP contribution in [0.15, 0.2) is 44.8 Å². The second-order valence-corrected chi connectivity index (χ2v) is 10.8. The third kappa shape index (κ3) is 5.14. The zero-order valence-electron chi connectivity index (χ0n) is 20.3. The number of fused-ring (bicyclic) bond motifs is 1. The summed E-state index contributed by atoms with van der Waals surface area (Å²) in [6.07, 6.45) is 5.00. The monoisotopic (exact) mass is 525 g/mol. The third-order valence-electron chi connectivity index (χ3n) is 6.06. The van der Waals surface area contributed by atoms with Gasteiger partial charge in [0.15, 0.2) is 10.8 Å². The van der Waals surface area contributed by atoms with E-state index < -0.39 is 0 Å². The Morgan fingerprint density at radius 2 is 1.97 bits per heavy atom. The van der Waals surface area contributed by atoms with Crippen LogP contribution < -0.4 is 15.8 Å². The van der Waals surface area contributed by atoms with Crippen LogP contribution in [0.2, 0.25) is 0 Å². The van der Waals surface area contributed by atoms with E-state index in [0.717, 1.165) is 28.4 Å². The summed E-state index contributed by atoms with van der Waals surface area (Å²) in [6.45, 7) is 5.49. The standard InChI is InChI=1S/C24H27N7O3S2/c1-14(2)26-22(32)16-8-10-30(11-9-16)24-28-21-19(36-24)23(33)31(13-25-21)12-18-27-20(29-34-18)15-4-6-17(35-3)7-5-15/h4-7,13-14,16H,8-12H2,1-3H3,(H,26,32). The molecule has 1 aliphatic rings. The molecule has 0 spiro atoms. The minimum atomic E-state index is -0.195. The first-order chi connectivity index (χ1) is 17.4. The van der Waals surface area contributed by atoms with Gasteiger partial charge in [-0.1, -0.05) is 16.5 Å². The number of hydrogen-bond donors (Lipinski definition) is 1. The maximum absolute atomic E-state index is 13.2. The van der Waals surface area contributed by atoms with Crippen LogP contribution in [0.25, 0.3) is 21.7 Å². The quantitative estimate of drug-likeness (QED) is 0.362. The van der Waals surface area contributed by atoms with Crippen LogP contribution in [0.1, 0.15) is 32.6 Å². The number of hydrogen-bond acceptors (Lipinski definition) is 10. The number of thioether (sulfide) groups is 1. The van der Waals surface area contributed by atoms with Crippen molar-refractivity contribution in [1.82, 2.24) is 30.0 Å². The molecule has 0 unspecified atom stereocenters. The van der Waals surface area contributed by atoms with Gasteiger partial charge in [0.1, 0.15) is 17.6 Å². The second-order valence-electron chi connectivity index (χ2n) is 8.99. The molecule has 188 valence electrons. The molecule has 36 heavy (non-hydrogen) atoms. The number of carbonyl (C=O) groups excluding carboxylic acids is 1. The van der Waals surface area contributed by atoms with Crippen LogP contribution in [0.4, 0.5) is 5.13 Å². The van der Waals surface area contributed by atoms with Gasteiger partial charge in [-0.15, -0.1) is 11.8 Å².